The lowest BCUT2D eigenvalue weighted by Gasteiger charge is -2.01. The van der Waals surface area contributed by atoms with Crippen LogP contribution in [0.15, 0.2) is 22.7 Å². The number of hydrogen-bond donors (Lipinski definition) is 2. The highest BCUT2D eigenvalue weighted by molar-refractivity contribution is 8.00. The predicted octanol–water partition coefficient (Wildman–Crippen LogP) is 1.14. The second-order valence-corrected chi connectivity index (χ2v) is 5.38. The van der Waals surface area contributed by atoms with E-state index in [1.165, 1.54) is 17.7 Å². The van der Waals surface area contributed by atoms with Crippen LogP contribution in [0.5, 0.6) is 0 Å². The molecule has 0 spiro atoms. The van der Waals surface area contributed by atoms with E-state index in [4.69, 9.17) is 5.84 Å². The van der Waals surface area contributed by atoms with Gasteiger partial charge in [0.15, 0.2) is 4.34 Å². The number of pyridine rings is 1. The minimum absolute atomic E-state index is 0.346. The molecule has 0 radical (unpaired) electrons. The summed E-state index contributed by atoms with van der Waals surface area (Å²) in [6.45, 7) is 1.86. The first-order chi connectivity index (χ1) is 8.69. The maximum absolute atomic E-state index is 11.2. The fraction of sp³-hybridized carbons (Fsp3) is 0.200. The van der Waals surface area contributed by atoms with Crippen molar-refractivity contribution in [3.63, 3.8) is 0 Å². The van der Waals surface area contributed by atoms with Gasteiger partial charge in [-0.05, 0) is 30.6 Å². The van der Waals surface area contributed by atoms with Gasteiger partial charge >= 0.3 is 0 Å². The number of hydrazine groups is 1. The number of carbonyl (C=O) groups excluding carboxylic acids is 1. The number of nitrogens with zero attached hydrogens (tertiary/aromatic N) is 3. The van der Waals surface area contributed by atoms with E-state index in [2.05, 4.69) is 19.8 Å². The van der Waals surface area contributed by atoms with E-state index < -0.39 is 0 Å². The molecule has 6 nitrogen and oxygen atoms in total. The first kappa shape index (κ1) is 12.9. The first-order valence-corrected chi connectivity index (χ1v) is 6.84. The van der Waals surface area contributed by atoms with Gasteiger partial charge in [-0.1, -0.05) is 11.8 Å². The van der Waals surface area contributed by atoms with Crippen LogP contribution in [0, 0.1) is 6.92 Å². The highest BCUT2D eigenvalue weighted by Crippen LogP contribution is 2.23. The third-order valence-electron chi connectivity index (χ3n) is 2.07. The van der Waals surface area contributed by atoms with E-state index in [-0.39, 0.29) is 5.91 Å². The molecule has 18 heavy (non-hydrogen) atoms. The molecule has 0 fully saturated rings. The Bertz CT molecular complexity index is 539. The van der Waals surface area contributed by atoms with Crippen molar-refractivity contribution >= 4 is 29.2 Å². The Hall–Kier alpha value is -1.51. The summed E-state index contributed by atoms with van der Waals surface area (Å²) in [5, 5.41) is 0. The van der Waals surface area contributed by atoms with Crippen LogP contribution in [0.1, 0.15) is 21.9 Å². The average molecular weight is 281 g/mol. The molecule has 3 N–H and O–H groups in total. The van der Waals surface area contributed by atoms with Gasteiger partial charge in [-0.2, -0.15) is 4.37 Å². The molecule has 1 amide bonds. The Morgan fingerprint density at radius 1 is 1.56 bits per heavy atom. The number of aryl methyl sites for hydroxylation is 1. The molecule has 0 saturated carbocycles. The summed E-state index contributed by atoms with van der Waals surface area (Å²) in [6.07, 6.45) is 1.50. The van der Waals surface area contributed by atoms with Crippen LogP contribution in [0.25, 0.3) is 0 Å². The van der Waals surface area contributed by atoms with Crippen LogP contribution in [-0.4, -0.2) is 20.2 Å². The Balaban J connectivity index is 1.96. The maximum atomic E-state index is 11.2. The van der Waals surface area contributed by atoms with Crippen LogP contribution >= 0.6 is 23.3 Å². The van der Waals surface area contributed by atoms with E-state index in [1.54, 1.807) is 23.9 Å². The molecule has 0 aliphatic carbocycles. The van der Waals surface area contributed by atoms with Gasteiger partial charge in [-0.25, -0.2) is 10.8 Å². The first-order valence-electron chi connectivity index (χ1n) is 5.08. The topological polar surface area (TPSA) is 93.8 Å². The number of amides is 1. The van der Waals surface area contributed by atoms with Gasteiger partial charge in [0, 0.05) is 11.9 Å². The Morgan fingerprint density at radius 3 is 2.94 bits per heavy atom. The Morgan fingerprint density at radius 2 is 2.39 bits per heavy atom. The minimum Gasteiger partial charge on any atom is -0.290 e. The van der Waals surface area contributed by atoms with Crippen LogP contribution < -0.4 is 11.3 Å². The second-order valence-electron chi connectivity index (χ2n) is 3.41. The molecule has 0 aliphatic rings. The van der Waals surface area contributed by atoms with Crippen molar-refractivity contribution in [2.45, 2.75) is 17.0 Å². The van der Waals surface area contributed by atoms with Gasteiger partial charge < -0.3 is 0 Å². The molecule has 0 atom stereocenters. The van der Waals surface area contributed by atoms with Crippen molar-refractivity contribution in [3.05, 3.63) is 35.4 Å². The molecule has 2 heterocycles. The fourth-order valence-electron chi connectivity index (χ4n) is 1.20. The maximum Gasteiger partial charge on any atom is 0.266 e. The molecular weight excluding hydrogens is 270 g/mol. The lowest BCUT2D eigenvalue weighted by atomic mass is 10.2. The number of nitrogens with one attached hydrogen (secondary N) is 1. The van der Waals surface area contributed by atoms with Gasteiger partial charge in [-0.15, -0.1) is 0 Å². The standard InChI is InChI=1S/C10H11N5OS2/c1-6-13-10(18-15-6)17-5-8-3-2-7(4-12-8)9(16)14-11/h2-4H,5,11H2,1H3,(H,14,16). The van der Waals surface area contributed by atoms with Gasteiger partial charge in [-0.3, -0.25) is 15.2 Å². The second kappa shape index (κ2) is 5.89. The zero-order valence-corrected chi connectivity index (χ0v) is 11.2. The van der Waals surface area contributed by atoms with Crippen molar-refractivity contribution < 1.29 is 4.79 Å². The zero-order valence-electron chi connectivity index (χ0n) is 9.58. The number of carbonyl (C=O) groups is 1. The lowest BCUT2D eigenvalue weighted by Crippen LogP contribution is -2.30. The normalized spacial score (nSPS) is 10.3. The van der Waals surface area contributed by atoms with Crippen molar-refractivity contribution in [1.29, 1.82) is 0 Å². The van der Waals surface area contributed by atoms with E-state index in [0.717, 1.165) is 15.9 Å². The molecule has 0 unspecified atom stereocenters. The fourth-order valence-corrected chi connectivity index (χ4v) is 2.76. The van der Waals surface area contributed by atoms with Crippen LogP contribution in [0.2, 0.25) is 0 Å². The van der Waals surface area contributed by atoms with Gasteiger partial charge in [0.25, 0.3) is 5.91 Å². The monoisotopic (exact) mass is 281 g/mol. The summed E-state index contributed by atoms with van der Waals surface area (Å²) in [4.78, 5) is 19.6. The van der Waals surface area contributed by atoms with E-state index in [1.807, 2.05) is 6.92 Å². The lowest BCUT2D eigenvalue weighted by molar-refractivity contribution is 0.0953. The van der Waals surface area contributed by atoms with Gasteiger partial charge in [0.2, 0.25) is 0 Å². The molecular formula is C10H11N5OS2. The molecule has 0 bridgehead atoms. The highest BCUT2D eigenvalue weighted by Gasteiger charge is 2.05. The molecule has 2 aromatic rings. The summed E-state index contributed by atoms with van der Waals surface area (Å²) in [5.74, 6) is 6.16. The Labute approximate surface area is 112 Å². The molecule has 0 aliphatic heterocycles. The number of nitrogen functional groups attached to an aromatic ring is 1. The highest BCUT2D eigenvalue weighted by atomic mass is 32.2. The minimum atomic E-state index is -0.346. The SMILES string of the molecule is Cc1nsc(SCc2ccc(C(=O)NN)cn2)n1. The van der Waals surface area contributed by atoms with Crippen molar-refractivity contribution in [3.8, 4) is 0 Å². The van der Waals surface area contributed by atoms with Crippen LogP contribution in [0.3, 0.4) is 0 Å². The van der Waals surface area contributed by atoms with Crippen molar-refractivity contribution in [1.82, 2.24) is 19.8 Å². The molecule has 2 rings (SSSR count). The number of rotatable bonds is 4. The number of thioether (sulfide) groups is 1. The average Bonchev–Trinajstić information content (AvgIpc) is 2.82. The van der Waals surface area contributed by atoms with Crippen molar-refractivity contribution in [2.24, 2.45) is 5.84 Å². The van der Waals surface area contributed by atoms with Crippen LogP contribution in [-0.2, 0) is 5.75 Å². The zero-order chi connectivity index (χ0) is 13.0. The Kier molecular flexibility index (Phi) is 4.24. The number of nitrogens with two attached hydrogens (primary N) is 1. The number of hydrogen-bond acceptors (Lipinski definition) is 7. The summed E-state index contributed by atoms with van der Waals surface area (Å²) < 4.78 is 5.01. The smallest absolute Gasteiger partial charge is 0.266 e. The molecule has 8 heteroatoms. The summed E-state index contributed by atoms with van der Waals surface area (Å²) in [6, 6.07) is 3.49. The van der Waals surface area contributed by atoms with Gasteiger partial charge in [0.05, 0.1) is 11.3 Å². The summed E-state index contributed by atoms with van der Waals surface area (Å²) in [7, 11) is 0. The summed E-state index contributed by atoms with van der Waals surface area (Å²) >= 11 is 2.95. The third kappa shape index (κ3) is 3.25. The third-order valence-corrected chi connectivity index (χ3v) is 4.03. The van der Waals surface area contributed by atoms with Crippen molar-refractivity contribution in [2.75, 3.05) is 0 Å². The molecule has 2 aromatic heterocycles. The van der Waals surface area contributed by atoms with E-state index in [0.29, 0.717) is 11.3 Å². The molecule has 94 valence electrons. The summed E-state index contributed by atoms with van der Waals surface area (Å²) in [5.41, 5.74) is 3.38. The van der Waals surface area contributed by atoms with E-state index in [9.17, 15) is 4.79 Å². The largest absolute Gasteiger partial charge is 0.290 e. The predicted molar refractivity (Wildman–Crippen MR) is 70.1 cm³/mol. The molecule has 0 aromatic carbocycles. The molecule has 0 saturated heterocycles. The number of aromatic nitrogens is 3. The van der Waals surface area contributed by atoms with E-state index >= 15 is 0 Å². The quantitative estimate of drug-likeness (QED) is 0.378. The van der Waals surface area contributed by atoms with Crippen LogP contribution in [0.4, 0.5) is 0 Å². The van der Waals surface area contributed by atoms with Gasteiger partial charge in [0.1, 0.15) is 5.82 Å².